The summed E-state index contributed by atoms with van der Waals surface area (Å²) in [6, 6.07) is 1.62. The Morgan fingerprint density at radius 1 is 1.50 bits per heavy atom. The number of carbonyl (C=O) groups is 2. The molecule has 0 bridgehead atoms. The second-order valence-corrected chi connectivity index (χ2v) is 5.04. The molecule has 0 aliphatic carbocycles. The highest BCUT2D eigenvalue weighted by Gasteiger charge is 2.26. The quantitative estimate of drug-likeness (QED) is 0.811. The van der Waals surface area contributed by atoms with Gasteiger partial charge in [0.1, 0.15) is 12.4 Å². The van der Waals surface area contributed by atoms with E-state index in [9.17, 15) is 9.59 Å². The van der Waals surface area contributed by atoms with E-state index in [0.29, 0.717) is 23.1 Å². The van der Waals surface area contributed by atoms with Gasteiger partial charge in [-0.2, -0.15) is 0 Å². The minimum absolute atomic E-state index is 0.0730. The van der Waals surface area contributed by atoms with Gasteiger partial charge in [-0.1, -0.05) is 0 Å². The molecule has 2 amide bonds. The monoisotopic (exact) mass is 312 g/mol. The highest BCUT2D eigenvalue weighted by atomic mass is 79.9. The largest absolute Gasteiger partial charge is 0.383 e. The van der Waals surface area contributed by atoms with E-state index in [1.54, 1.807) is 18.0 Å². The Kier molecular flexibility index (Phi) is 3.51. The van der Waals surface area contributed by atoms with E-state index in [-0.39, 0.29) is 24.2 Å². The average molecular weight is 313 g/mol. The van der Waals surface area contributed by atoms with Crippen molar-refractivity contribution >= 4 is 33.6 Å². The molecule has 0 radical (unpaired) electrons. The highest BCUT2D eigenvalue weighted by molar-refractivity contribution is 9.10. The number of likely N-dealkylation sites (N-methyl/N-ethyl adjacent to an activating group) is 1. The number of piperazine rings is 1. The Balaban J connectivity index is 2.21. The van der Waals surface area contributed by atoms with Gasteiger partial charge in [0, 0.05) is 30.8 Å². The lowest BCUT2D eigenvalue weighted by Crippen LogP contribution is -2.50. The number of nitrogens with two attached hydrogens (primary N) is 1. The Hall–Kier alpha value is -1.63. The first-order valence-electron chi connectivity index (χ1n) is 5.43. The van der Waals surface area contributed by atoms with Crippen molar-refractivity contribution < 1.29 is 9.59 Å². The summed E-state index contributed by atoms with van der Waals surface area (Å²) in [5.41, 5.74) is 6.01. The van der Waals surface area contributed by atoms with Gasteiger partial charge in [-0.15, -0.1) is 0 Å². The van der Waals surface area contributed by atoms with E-state index in [4.69, 9.17) is 5.73 Å². The number of pyridine rings is 1. The van der Waals surface area contributed by atoms with Gasteiger partial charge in [-0.3, -0.25) is 9.59 Å². The van der Waals surface area contributed by atoms with Gasteiger partial charge in [0.2, 0.25) is 5.91 Å². The van der Waals surface area contributed by atoms with Crippen molar-refractivity contribution in [2.24, 2.45) is 0 Å². The molecule has 0 aromatic carbocycles. The van der Waals surface area contributed by atoms with Crippen molar-refractivity contribution in [2.45, 2.75) is 0 Å². The molecular weight excluding hydrogens is 300 g/mol. The Bertz CT molecular complexity index is 506. The summed E-state index contributed by atoms with van der Waals surface area (Å²) in [4.78, 5) is 30.8. The van der Waals surface area contributed by atoms with Crippen molar-refractivity contribution in [2.75, 3.05) is 32.4 Å². The third kappa shape index (κ3) is 2.45. The third-order valence-corrected chi connectivity index (χ3v) is 3.29. The number of halogens is 1. The number of aromatic nitrogens is 1. The van der Waals surface area contributed by atoms with Gasteiger partial charge in [0.05, 0.1) is 5.56 Å². The van der Waals surface area contributed by atoms with Crippen molar-refractivity contribution in [3.63, 3.8) is 0 Å². The zero-order chi connectivity index (χ0) is 13.3. The molecule has 0 atom stereocenters. The summed E-state index contributed by atoms with van der Waals surface area (Å²) in [5, 5.41) is 0. The van der Waals surface area contributed by atoms with E-state index >= 15 is 0 Å². The van der Waals surface area contributed by atoms with Crippen LogP contribution in [0.15, 0.2) is 16.7 Å². The van der Waals surface area contributed by atoms with Gasteiger partial charge in [-0.05, 0) is 22.0 Å². The molecule has 0 unspecified atom stereocenters. The summed E-state index contributed by atoms with van der Waals surface area (Å²) >= 11 is 3.25. The number of carbonyl (C=O) groups excluding carboxylic acids is 2. The molecule has 1 saturated heterocycles. The molecule has 1 fully saturated rings. The second-order valence-electron chi connectivity index (χ2n) is 4.13. The zero-order valence-electron chi connectivity index (χ0n) is 9.89. The molecule has 0 spiro atoms. The number of nitrogens with zero attached hydrogens (tertiary/aromatic N) is 3. The second kappa shape index (κ2) is 4.93. The van der Waals surface area contributed by atoms with Crippen LogP contribution in [0, 0.1) is 0 Å². The lowest BCUT2D eigenvalue weighted by atomic mass is 10.2. The third-order valence-electron chi connectivity index (χ3n) is 2.86. The van der Waals surface area contributed by atoms with Gasteiger partial charge in [-0.25, -0.2) is 4.98 Å². The molecule has 2 rings (SSSR count). The van der Waals surface area contributed by atoms with Crippen LogP contribution in [-0.2, 0) is 4.79 Å². The molecule has 18 heavy (non-hydrogen) atoms. The van der Waals surface area contributed by atoms with Crippen LogP contribution in [0.25, 0.3) is 0 Å². The van der Waals surface area contributed by atoms with Crippen LogP contribution in [0.2, 0.25) is 0 Å². The van der Waals surface area contributed by atoms with Crippen molar-refractivity contribution in [1.29, 1.82) is 0 Å². The Morgan fingerprint density at radius 2 is 2.22 bits per heavy atom. The lowest BCUT2D eigenvalue weighted by molar-refractivity contribution is -0.133. The van der Waals surface area contributed by atoms with Crippen LogP contribution in [0.3, 0.4) is 0 Å². The van der Waals surface area contributed by atoms with Crippen LogP contribution in [0.4, 0.5) is 5.82 Å². The fourth-order valence-electron chi connectivity index (χ4n) is 1.72. The average Bonchev–Trinajstić information content (AvgIpc) is 2.35. The van der Waals surface area contributed by atoms with E-state index in [0.717, 1.165) is 0 Å². The number of rotatable bonds is 1. The highest BCUT2D eigenvalue weighted by Crippen LogP contribution is 2.18. The first-order valence-corrected chi connectivity index (χ1v) is 6.22. The molecule has 1 aromatic heterocycles. The van der Waals surface area contributed by atoms with Crippen LogP contribution in [0.1, 0.15) is 10.4 Å². The van der Waals surface area contributed by atoms with Gasteiger partial charge in [0.25, 0.3) is 5.91 Å². The normalized spacial score (nSPS) is 16.0. The van der Waals surface area contributed by atoms with E-state index in [1.165, 1.54) is 11.1 Å². The van der Waals surface area contributed by atoms with Crippen LogP contribution < -0.4 is 5.73 Å². The van der Waals surface area contributed by atoms with Gasteiger partial charge in [0.15, 0.2) is 0 Å². The molecule has 0 saturated carbocycles. The molecule has 1 aromatic rings. The standard InChI is InChI=1S/C11H13BrN4O2/c1-15-2-3-16(6-9(15)17)11(18)8-4-7(12)5-14-10(8)13/h4-5H,2-3,6H2,1H3,(H2,13,14). The molecule has 1 aliphatic rings. The molecule has 6 nitrogen and oxygen atoms in total. The fourth-order valence-corrected chi connectivity index (χ4v) is 2.05. The van der Waals surface area contributed by atoms with E-state index in [2.05, 4.69) is 20.9 Å². The van der Waals surface area contributed by atoms with Crippen LogP contribution >= 0.6 is 15.9 Å². The minimum atomic E-state index is -0.261. The maximum Gasteiger partial charge on any atom is 0.258 e. The molecule has 2 heterocycles. The molecular formula is C11H13BrN4O2. The summed E-state index contributed by atoms with van der Waals surface area (Å²) in [7, 11) is 1.72. The summed E-state index contributed by atoms with van der Waals surface area (Å²) in [6.45, 7) is 1.13. The smallest absolute Gasteiger partial charge is 0.258 e. The maximum atomic E-state index is 12.2. The first-order chi connectivity index (χ1) is 8.49. The molecule has 7 heteroatoms. The minimum Gasteiger partial charge on any atom is -0.383 e. The van der Waals surface area contributed by atoms with Gasteiger partial charge >= 0.3 is 0 Å². The topological polar surface area (TPSA) is 79.5 Å². The molecule has 1 aliphatic heterocycles. The lowest BCUT2D eigenvalue weighted by Gasteiger charge is -2.32. The fraction of sp³-hybridized carbons (Fsp3) is 0.364. The van der Waals surface area contributed by atoms with Crippen LogP contribution in [0.5, 0.6) is 0 Å². The van der Waals surface area contributed by atoms with Crippen LogP contribution in [-0.4, -0.2) is 53.3 Å². The predicted octanol–water partition coefficient (Wildman–Crippen LogP) is 0.340. The van der Waals surface area contributed by atoms with Gasteiger partial charge < -0.3 is 15.5 Å². The van der Waals surface area contributed by atoms with E-state index < -0.39 is 0 Å². The Labute approximate surface area is 113 Å². The van der Waals surface area contributed by atoms with Crippen molar-refractivity contribution in [3.8, 4) is 0 Å². The van der Waals surface area contributed by atoms with E-state index in [1.807, 2.05) is 0 Å². The molecule has 96 valence electrons. The predicted molar refractivity (Wildman–Crippen MR) is 69.9 cm³/mol. The number of amides is 2. The number of nitrogen functional groups attached to an aromatic ring is 1. The summed E-state index contributed by atoms with van der Waals surface area (Å²) in [6.07, 6.45) is 1.53. The maximum absolute atomic E-state index is 12.2. The summed E-state index contributed by atoms with van der Waals surface area (Å²) in [5.74, 6) is -0.159. The number of hydrogen-bond acceptors (Lipinski definition) is 4. The molecule has 2 N–H and O–H groups in total. The Morgan fingerprint density at radius 3 is 2.89 bits per heavy atom. The zero-order valence-corrected chi connectivity index (χ0v) is 11.5. The first kappa shape index (κ1) is 12.8. The van der Waals surface area contributed by atoms with Crippen molar-refractivity contribution in [1.82, 2.24) is 14.8 Å². The number of hydrogen-bond donors (Lipinski definition) is 1. The number of anilines is 1. The SMILES string of the molecule is CN1CCN(C(=O)c2cc(Br)cnc2N)CC1=O. The van der Waals surface area contributed by atoms with Crippen molar-refractivity contribution in [3.05, 3.63) is 22.3 Å². The summed E-state index contributed by atoms with van der Waals surface area (Å²) < 4.78 is 0.681.